The summed E-state index contributed by atoms with van der Waals surface area (Å²) in [6, 6.07) is 0. The number of nitrogens with zero attached hydrogens (tertiary/aromatic N) is 1. The van der Waals surface area contributed by atoms with Gasteiger partial charge in [0.1, 0.15) is 10.6 Å². The molecule has 0 aromatic carbocycles. The fourth-order valence-electron chi connectivity index (χ4n) is 1.53. The number of ether oxygens (including phenoxy) is 1. The lowest BCUT2D eigenvalue weighted by Crippen LogP contribution is -2.32. The Bertz CT molecular complexity index is 669. The van der Waals surface area contributed by atoms with Gasteiger partial charge in [0.2, 0.25) is 0 Å². The molecular formula is C16H21N3O4S. The van der Waals surface area contributed by atoms with E-state index in [-0.39, 0.29) is 6.54 Å². The van der Waals surface area contributed by atoms with Crippen LogP contribution in [0.25, 0.3) is 5.57 Å². The Hall–Kier alpha value is -2.61. The van der Waals surface area contributed by atoms with Crippen molar-refractivity contribution in [2.24, 2.45) is 5.73 Å². The Morgan fingerprint density at radius 3 is 2.71 bits per heavy atom. The largest absolute Gasteiger partial charge is 0.478 e. The summed E-state index contributed by atoms with van der Waals surface area (Å²) in [7, 11) is 0. The minimum atomic E-state index is -1.06. The van der Waals surface area contributed by atoms with E-state index in [4.69, 9.17) is 15.6 Å². The van der Waals surface area contributed by atoms with Crippen molar-refractivity contribution in [3.8, 4) is 0 Å². The lowest BCUT2D eigenvalue weighted by Gasteiger charge is -2.19. The average Bonchev–Trinajstić information content (AvgIpc) is 2.92. The second-order valence-corrected chi connectivity index (χ2v) is 6.60. The van der Waals surface area contributed by atoms with Crippen LogP contribution >= 0.6 is 11.3 Å². The highest BCUT2D eigenvalue weighted by molar-refractivity contribution is 7.09. The first-order chi connectivity index (χ1) is 11.2. The zero-order valence-electron chi connectivity index (χ0n) is 13.8. The van der Waals surface area contributed by atoms with E-state index in [1.54, 1.807) is 38.3 Å². The average molecular weight is 351 g/mol. The van der Waals surface area contributed by atoms with E-state index >= 15 is 0 Å². The molecule has 1 aromatic heterocycles. The molecule has 130 valence electrons. The molecule has 4 N–H and O–H groups in total. The molecule has 0 aliphatic heterocycles. The number of hydrogen-bond acceptors (Lipinski definition) is 6. The van der Waals surface area contributed by atoms with Crippen molar-refractivity contribution in [2.75, 3.05) is 0 Å². The highest BCUT2D eigenvalue weighted by Crippen LogP contribution is 2.19. The minimum absolute atomic E-state index is 0.224. The molecule has 0 radical (unpaired) electrons. The van der Waals surface area contributed by atoms with Gasteiger partial charge in [-0.25, -0.2) is 14.6 Å². The Kier molecular flexibility index (Phi) is 7.19. The van der Waals surface area contributed by atoms with Crippen molar-refractivity contribution in [1.29, 1.82) is 0 Å². The number of aliphatic carboxylic acids is 1. The number of carboxylic acid groups (broad SMARTS) is 1. The molecule has 1 rings (SSSR count). The number of carbonyl (C=O) groups is 2. The van der Waals surface area contributed by atoms with Gasteiger partial charge in [0.15, 0.2) is 0 Å². The van der Waals surface area contributed by atoms with Crippen LogP contribution in [0.4, 0.5) is 4.79 Å². The first-order valence-electron chi connectivity index (χ1n) is 7.12. The number of rotatable bonds is 6. The normalized spacial score (nSPS) is 12.7. The first kappa shape index (κ1) is 19.4. The van der Waals surface area contributed by atoms with E-state index in [1.807, 2.05) is 0 Å². The molecule has 7 nitrogen and oxygen atoms in total. The molecule has 0 spiro atoms. The molecule has 0 bridgehead atoms. The van der Waals surface area contributed by atoms with E-state index in [9.17, 15) is 9.59 Å². The summed E-state index contributed by atoms with van der Waals surface area (Å²) in [4.78, 5) is 26.7. The van der Waals surface area contributed by atoms with Crippen molar-refractivity contribution >= 4 is 29.0 Å². The summed E-state index contributed by atoms with van der Waals surface area (Å²) < 4.78 is 5.15. The van der Waals surface area contributed by atoms with Crippen LogP contribution in [0, 0.1) is 0 Å². The molecule has 0 saturated carbocycles. The summed E-state index contributed by atoms with van der Waals surface area (Å²) in [6.45, 7) is 5.57. The number of carbonyl (C=O) groups excluding carboxylic acids is 1. The van der Waals surface area contributed by atoms with Crippen LogP contribution in [0.5, 0.6) is 0 Å². The number of thiazole rings is 1. The summed E-state index contributed by atoms with van der Waals surface area (Å²) in [5.41, 5.74) is 5.93. The molecule has 0 atom stereocenters. The SMILES string of the molecule is CC(C)(C)OC(=O)NCc1nc(C(/C=C/C(=O)O)=C/C=C\N)cs1. The third-order valence-electron chi connectivity index (χ3n) is 2.42. The molecule has 1 amide bonds. The zero-order chi connectivity index (χ0) is 18.2. The van der Waals surface area contributed by atoms with E-state index in [0.717, 1.165) is 6.08 Å². The van der Waals surface area contributed by atoms with Crippen molar-refractivity contribution in [1.82, 2.24) is 10.3 Å². The predicted molar refractivity (Wildman–Crippen MR) is 93.3 cm³/mol. The fraction of sp³-hybridized carbons (Fsp3) is 0.312. The van der Waals surface area contributed by atoms with Crippen molar-refractivity contribution in [3.05, 3.63) is 46.6 Å². The van der Waals surface area contributed by atoms with Crippen LogP contribution in [0.2, 0.25) is 0 Å². The molecule has 1 heterocycles. The second kappa shape index (κ2) is 8.88. The third-order valence-corrected chi connectivity index (χ3v) is 3.27. The maximum atomic E-state index is 11.6. The number of amides is 1. The fourth-order valence-corrected chi connectivity index (χ4v) is 2.28. The lowest BCUT2D eigenvalue weighted by molar-refractivity contribution is -0.131. The molecule has 0 saturated heterocycles. The molecule has 24 heavy (non-hydrogen) atoms. The molecule has 1 aromatic rings. The maximum absolute atomic E-state index is 11.6. The molecule has 0 unspecified atom stereocenters. The summed E-state index contributed by atoms with van der Waals surface area (Å²) in [6.07, 6.45) is 6.51. The molecule has 0 aliphatic rings. The van der Waals surface area contributed by atoms with Gasteiger partial charge in [-0.15, -0.1) is 11.3 Å². The van der Waals surface area contributed by atoms with Crippen LogP contribution in [0.3, 0.4) is 0 Å². The van der Waals surface area contributed by atoms with Gasteiger partial charge in [-0.1, -0.05) is 6.08 Å². The number of nitrogens with two attached hydrogens (primary N) is 1. The third kappa shape index (κ3) is 7.59. The Morgan fingerprint density at radius 1 is 1.42 bits per heavy atom. The minimum Gasteiger partial charge on any atom is -0.478 e. The molecule has 0 fully saturated rings. The number of hydrogen-bond donors (Lipinski definition) is 3. The van der Waals surface area contributed by atoms with Gasteiger partial charge in [0, 0.05) is 17.0 Å². The number of aromatic nitrogens is 1. The summed E-state index contributed by atoms with van der Waals surface area (Å²) in [5.74, 6) is -1.06. The summed E-state index contributed by atoms with van der Waals surface area (Å²) in [5, 5.41) is 13.8. The van der Waals surface area contributed by atoms with Crippen molar-refractivity contribution < 1.29 is 19.4 Å². The number of alkyl carbamates (subject to hydrolysis) is 1. The van der Waals surface area contributed by atoms with Crippen LogP contribution in [0.15, 0.2) is 35.9 Å². The number of allylic oxidation sites excluding steroid dienone is 4. The van der Waals surface area contributed by atoms with E-state index in [2.05, 4.69) is 10.3 Å². The monoisotopic (exact) mass is 351 g/mol. The second-order valence-electron chi connectivity index (χ2n) is 5.66. The Morgan fingerprint density at radius 2 is 2.12 bits per heavy atom. The van der Waals surface area contributed by atoms with E-state index < -0.39 is 17.7 Å². The molecular weight excluding hydrogens is 330 g/mol. The maximum Gasteiger partial charge on any atom is 0.408 e. The highest BCUT2D eigenvalue weighted by Gasteiger charge is 2.16. The Labute approximate surface area is 144 Å². The predicted octanol–water partition coefficient (Wildman–Crippen LogP) is 2.66. The number of carboxylic acids is 1. The van der Waals surface area contributed by atoms with Crippen LogP contribution < -0.4 is 11.1 Å². The van der Waals surface area contributed by atoms with Crippen LogP contribution in [-0.2, 0) is 16.1 Å². The zero-order valence-corrected chi connectivity index (χ0v) is 14.6. The number of nitrogens with one attached hydrogen (secondary N) is 1. The lowest BCUT2D eigenvalue weighted by atomic mass is 10.1. The first-order valence-corrected chi connectivity index (χ1v) is 8.00. The van der Waals surface area contributed by atoms with Gasteiger partial charge in [-0.3, -0.25) is 0 Å². The highest BCUT2D eigenvalue weighted by atomic mass is 32.1. The van der Waals surface area contributed by atoms with Crippen molar-refractivity contribution in [3.63, 3.8) is 0 Å². The van der Waals surface area contributed by atoms with Gasteiger partial charge in [0.25, 0.3) is 0 Å². The van der Waals surface area contributed by atoms with E-state index in [0.29, 0.717) is 16.3 Å². The van der Waals surface area contributed by atoms with Gasteiger partial charge in [0.05, 0.1) is 12.2 Å². The van der Waals surface area contributed by atoms with Crippen LogP contribution in [0.1, 0.15) is 31.5 Å². The van der Waals surface area contributed by atoms with E-state index in [1.165, 1.54) is 23.6 Å². The van der Waals surface area contributed by atoms with Gasteiger partial charge < -0.3 is 20.9 Å². The molecule has 8 heteroatoms. The van der Waals surface area contributed by atoms with Crippen molar-refractivity contribution in [2.45, 2.75) is 32.9 Å². The quantitative estimate of drug-likeness (QED) is 0.536. The topological polar surface area (TPSA) is 115 Å². The standard InChI is InChI=1S/C16H21N3O4S/c1-16(2,3)23-15(22)18-9-13-19-12(10-24-13)11(5-4-8-17)6-7-14(20)21/h4-8,10H,9,17H2,1-3H3,(H,18,22)(H,20,21)/b7-6+,8-4-,11-5+. The smallest absolute Gasteiger partial charge is 0.408 e. The van der Waals surface area contributed by atoms with Gasteiger partial charge >= 0.3 is 12.1 Å². The van der Waals surface area contributed by atoms with Gasteiger partial charge in [-0.05, 0) is 39.1 Å². The Balaban J connectivity index is 2.78. The van der Waals surface area contributed by atoms with Crippen LogP contribution in [-0.4, -0.2) is 27.8 Å². The summed E-state index contributed by atoms with van der Waals surface area (Å²) >= 11 is 1.35. The molecule has 0 aliphatic carbocycles. The van der Waals surface area contributed by atoms with Gasteiger partial charge in [-0.2, -0.15) is 0 Å².